The standard InChI is InChI=1S/C58H89NO14/c1-3-5-7-9-11-13-15-17-19-21-23-25-33-39-48(71-56(66)45-35-29-27-30-36-45)47(59-50(60)40-34-26-24-22-20-18-16-14-12-10-8-6-4-2)41-70-58-55(73-57(67)46-37-31-28-32-38-46)53(65)54(69-44-52(63)64)49(72-58)42-68-43-51(61)62/h27-33,35-39,47-49,53-55,58,65H,3-26,34,40-44H2,1-2H3,(H,59,60)(H,61,62)(H,63,64)/b39-33+/t47-,48+,49+,53-,54-,55+,58-/m0/s1. The van der Waals surface area contributed by atoms with Crippen LogP contribution in [0.3, 0.4) is 0 Å². The number of aliphatic carboxylic acids is 2. The number of allylic oxidation sites excluding steroid dienone is 1. The molecule has 0 radical (unpaired) electrons. The summed E-state index contributed by atoms with van der Waals surface area (Å²) in [5.41, 5.74) is 0.435. The fraction of sp³-hybridized carbons (Fsp3) is 0.672. The fourth-order valence-corrected chi connectivity index (χ4v) is 8.87. The third kappa shape index (κ3) is 28.0. The van der Waals surface area contributed by atoms with E-state index in [4.69, 9.17) is 28.4 Å². The third-order valence-corrected chi connectivity index (χ3v) is 13.0. The molecule has 2 aromatic rings. The van der Waals surface area contributed by atoms with E-state index in [9.17, 15) is 39.3 Å². The molecule has 15 nitrogen and oxygen atoms in total. The van der Waals surface area contributed by atoms with Crippen molar-refractivity contribution in [1.82, 2.24) is 5.32 Å². The van der Waals surface area contributed by atoms with Crippen LogP contribution in [0.25, 0.3) is 0 Å². The lowest BCUT2D eigenvalue weighted by molar-refractivity contribution is -0.308. The molecule has 73 heavy (non-hydrogen) atoms. The van der Waals surface area contributed by atoms with Gasteiger partial charge in [0.2, 0.25) is 5.91 Å². The smallest absolute Gasteiger partial charge is 0.338 e. The Hall–Kier alpha value is -4.67. The Morgan fingerprint density at radius 3 is 1.59 bits per heavy atom. The Morgan fingerprint density at radius 1 is 0.603 bits per heavy atom. The number of carboxylic acids is 2. The maximum atomic E-state index is 13.9. The normalized spacial score (nSPS) is 18.5. The lowest BCUT2D eigenvalue weighted by Gasteiger charge is -2.43. The molecule has 1 aliphatic heterocycles. The summed E-state index contributed by atoms with van der Waals surface area (Å²) >= 11 is 0. The largest absolute Gasteiger partial charge is 0.480 e. The van der Waals surface area contributed by atoms with Crippen LogP contribution in [0, 0.1) is 0 Å². The SMILES string of the molecule is CCCCCCCCCCCCC/C=C/[C@@H](OC(=O)c1ccccc1)[C@H](CO[C@H]1O[C@H](COCC(=O)O)[C@H](OCC(=O)O)[C@H](O)[C@H]1OC(=O)c1ccccc1)NC(=O)CCCCCCCCCCCCCCC. The molecule has 0 saturated carbocycles. The summed E-state index contributed by atoms with van der Waals surface area (Å²) in [6, 6.07) is 15.4. The summed E-state index contributed by atoms with van der Waals surface area (Å²) in [4.78, 5) is 64.1. The van der Waals surface area contributed by atoms with Crippen molar-refractivity contribution < 1.29 is 67.7 Å². The predicted molar refractivity (Wildman–Crippen MR) is 280 cm³/mol. The Labute approximate surface area is 435 Å². The molecule has 7 atom stereocenters. The molecule has 0 spiro atoms. The van der Waals surface area contributed by atoms with Crippen LogP contribution >= 0.6 is 0 Å². The second-order valence-corrected chi connectivity index (χ2v) is 19.3. The zero-order chi connectivity index (χ0) is 52.7. The van der Waals surface area contributed by atoms with Crippen LogP contribution < -0.4 is 5.32 Å². The van der Waals surface area contributed by atoms with Crippen LogP contribution in [0.5, 0.6) is 0 Å². The minimum Gasteiger partial charge on any atom is -0.480 e. The van der Waals surface area contributed by atoms with Gasteiger partial charge in [0.25, 0.3) is 0 Å². The molecule has 1 heterocycles. The van der Waals surface area contributed by atoms with Gasteiger partial charge < -0.3 is 49.1 Å². The average molecular weight is 1020 g/mol. The van der Waals surface area contributed by atoms with E-state index in [-0.39, 0.29) is 24.5 Å². The van der Waals surface area contributed by atoms with Gasteiger partial charge in [-0.3, -0.25) is 4.79 Å². The minimum atomic E-state index is -1.77. The van der Waals surface area contributed by atoms with Crippen LogP contribution in [-0.2, 0) is 42.8 Å². The first-order valence-corrected chi connectivity index (χ1v) is 27.6. The summed E-state index contributed by atoms with van der Waals surface area (Å²) in [7, 11) is 0. The summed E-state index contributed by atoms with van der Waals surface area (Å²) in [6.07, 6.45) is 23.9. The van der Waals surface area contributed by atoms with E-state index in [1.807, 2.05) is 6.08 Å². The topological polar surface area (TPSA) is 213 Å². The summed E-state index contributed by atoms with van der Waals surface area (Å²) in [6.45, 7) is 1.97. The van der Waals surface area contributed by atoms with Crippen molar-refractivity contribution >= 4 is 29.8 Å². The Kier molecular flexibility index (Phi) is 34.1. The van der Waals surface area contributed by atoms with Gasteiger partial charge in [-0.05, 0) is 49.6 Å². The van der Waals surface area contributed by atoms with Gasteiger partial charge in [0.1, 0.15) is 37.6 Å². The molecule has 0 aromatic heterocycles. The summed E-state index contributed by atoms with van der Waals surface area (Å²) < 4.78 is 35.4. The van der Waals surface area contributed by atoms with Crippen molar-refractivity contribution in [2.45, 2.75) is 224 Å². The van der Waals surface area contributed by atoms with Crippen molar-refractivity contribution in [3.8, 4) is 0 Å². The molecule has 0 aliphatic carbocycles. The van der Waals surface area contributed by atoms with Crippen LogP contribution in [0.2, 0.25) is 0 Å². The number of ether oxygens (including phenoxy) is 6. The molecule has 15 heteroatoms. The highest BCUT2D eigenvalue weighted by atomic mass is 16.7. The Bertz CT molecular complexity index is 1810. The van der Waals surface area contributed by atoms with Gasteiger partial charge in [0.05, 0.1) is 30.4 Å². The number of aliphatic hydroxyl groups is 1. The monoisotopic (exact) mass is 1020 g/mol. The lowest BCUT2D eigenvalue weighted by Crippen LogP contribution is -2.62. The summed E-state index contributed by atoms with van der Waals surface area (Å²) in [5, 5.41) is 33.6. The zero-order valence-corrected chi connectivity index (χ0v) is 44.0. The third-order valence-electron chi connectivity index (χ3n) is 13.0. The van der Waals surface area contributed by atoms with E-state index in [0.29, 0.717) is 18.4 Å². The van der Waals surface area contributed by atoms with Crippen LogP contribution in [-0.4, -0.2) is 114 Å². The van der Waals surface area contributed by atoms with Crippen LogP contribution in [0.4, 0.5) is 0 Å². The molecule has 0 unspecified atom stereocenters. The van der Waals surface area contributed by atoms with Crippen molar-refractivity contribution in [3.05, 3.63) is 83.9 Å². The van der Waals surface area contributed by atoms with Crippen LogP contribution in [0.1, 0.15) is 202 Å². The van der Waals surface area contributed by atoms with Gasteiger partial charge in [0.15, 0.2) is 12.4 Å². The zero-order valence-electron chi connectivity index (χ0n) is 44.0. The number of unbranched alkanes of at least 4 members (excludes halogenated alkanes) is 23. The average Bonchev–Trinajstić information content (AvgIpc) is 3.38. The molecular weight excluding hydrogens is 935 g/mol. The van der Waals surface area contributed by atoms with E-state index in [1.54, 1.807) is 54.6 Å². The van der Waals surface area contributed by atoms with E-state index in [2.05, 4.69) is 19.2 Å². The Morgan fingerprint density at radius 2 is 1.08 bits per heavy atom. The number of hydrogen-bond acceptors (Lipinski definition) is 12. The quantitative estimate of drug-likeness (QED) is 0.0276. The van der Waals surface area contributed by atoms with Crippen molar-refractivity contribution in [2.24, 2.45) is 0 Å². The van der Waals surface area contributed by atoms with E-state index < -0.39 is 86.5 Å². The van der Waals surface area contributed by atoms with Crippen LogP contribution in [0.15, 0.2) is 72.8 Å². The predicted octanol–water partition coefficient (Wildman–Crippen LogP) is 11.3. The number of carboxylic acid groups (broad SMARTS) is 2. The first-order valence-electron chi connectivity index (χ1n) is 27.6. The molecule has 2 aromatic carbocycles. The summed E-state index contributed by atoms with van der Waals surface area (Å²) in [5.74, 6) is -4.43. The number of carbonyl (C=O) groups excluding carboxylic acids is 3. The first-order chi connectivity index (χ1) is 35.5. The fourth-order valence-electron chi connectivity index (χ4n) is 8.87. The van der Waals surface area contributed by atoms with E-state index in [1.165, 1.54) is 121 Å². The van der Waals surface area contributed by atoms with Gasteiger partial charge in [-0.15, -0.1) is 0 Å². The molecule has 1 amide bonds. The molecule has 3 rings (SSSR count). The highest BCUT2D eigenvalue weighted by Gasteiger charge is 2.49. The number of benzene rings is 2. The van der Waals surface area contributed by atoms with Crippen molar-refractivity contribution in [1.29, 1.82) is 0 Å². The highest BCUT2D eigenvalue weighted by molar-refractivity contribution is 5.90. The number of carbonyl (C=O) groups is 5. The molecule has 1 aliphatic rings. The molecule has 4 N–H and O–H groups in total. The number of amides is 1. The van der Waals surface area contributed by atoms with Gasteiger partial charge in [-0.1, -0.05) is 198 Å². The van der Waals surface area contributed by atoms with E-state index in [0.717, 1.165) is 38.5 Å². The van der Waals surface area contributed by atoms with Gasteiger partial charge in [0, 0.05) is 6.42 Å². The Balaban J connectivity index is 1.84. The molecule has 1 fully saturated rings. The molecule has 410 valence electrons. The van der Waals surface area contributed by atoms with Crippen molar-refractivity contribution in [2.75, 3.05) is 26.4 Å². The number of rotatable bonds is 43. The second-order valence-electron chi connectivity index (χ2n) is 19.3. The maximum Gasteiger partial charge on any atom is 0.338 e. The number of aliphatic hydroxyl groups excluding tert-OH is 1. The number of nitrogens with one attached hydrogen (secondary N) is 1. The highest BCUT2D eigenvalue weighted by Crippen LogP contribution is 2.29. The second kappa shape index (κ2) is 39.7. The van der Waals surface area contributed by atoms with E-state index >= 15 is 0 Å². The lowest BCUT2D eigenvalue weighted by atomic mass is 9.98. The van der Waals surface area contributed by atoms with Crippen molar-refractivity contribution in [3.63, 3.8) is 0 Å². The maximum absolute atomic E-state index is 13.9. The number of hydrogen-bond donors (Lipinski definition) is 4. The van der Waals surface area contributed by atoms with Gasteiger partial charge in [-0.25, -0.2) is 19.2 Å². The van der Waals surface area contributed by atoms with Gasteiger partial charge >= 0.3 is 23.9 Å². The van der Waals surface area contributed by atoms with Gasteiger partial charge in [-0.2, -0.15) is 0 Å². The minimum absolute atomic E-state index is 0.137. The molecular formula is C58H89NO14. The molecule has 0 bridgehead atoms. The molecule has 1 saturated heterocycles. The number of esters is 2. The first kappa shape index (κ1) is 62.6.